The highest BCUT2D eigenvalue weighted by Crippen LogP contribution is 2.39. The second kappa shape index (κ2) is 6.49. The SMILES string of the molecule is CNC1CCC(C(C)(C)C)CC1N(C)Cc1cnn(C)c1. The van der Waals surface area contributed by atoms with Crippen molar-refractivity contribution in [2.75, 3.05) is 14.1 Å². The smallest absolute Gasteiger partial charge is 0.0534 e. The van der Waals surface area contributed by atoms with Gasteiger partial charge < -0.3 is 5.32 Å². The van der Waals surface area contributed by atoms with Crippen molar-refractivity contribution in [3.63, 3.8) is 0 Å². The fraction of sp³-hybridized carbons (Fsp3) is 0.824. The fourth-order valence-electron chi connectivity index (χ4n) is 3.72. The number of rotatable bonds is 4. The summed E-state index contributed by atoms with van der Waals surface area (Å²) in [5.41, 5.74) is 1.71. The zero-order chi connectivity index (χ0) is 15.6. The van der Waals surface area contributed by atoms with E-state index in [0.717, 1.165) is 12.5 Å². The van der Waals surface area contributed by atoms with E-state index >= 15 is 0 Å². The van der Waals surface area contributed by atoms with Crippen molar-refractivity contribution in [2.24, 2.45) is 18.4 Å². The number of likely N-dealkylation sites (N-methyl/N-ethyl adjacent to an activating group) is 2. The number of hydrogen-bond donors (Lipinski definition) is 1. The second-order valence-electron chi connectivity index (χ2n) is 7.78. The molecule has 21 heavy (non-hydrogen) atoms. The van der Waals surface area contributed by atoms with Gasteiger partial charge in [0.2, 0.25) is 0 Å². The molecule has 0 radical (unpaired) electrons. The Kier molecular flexibility index (Phi) is 5.10. The third kappa shape index (κ3) is 4.07. The molecule has 0 saturated heterocycles. The fourth-order valence-corrected chi connectivity index (χ4v) is 3.72. The number of nitrogens with one attached hydrogen (secondary N) is 1. The Morgan fingerprint density at radius 1 is 1.38 bits per heavy atom. The van der Waals surface area contributed by atoms with Gasteiger partial charge >= 0.3 is 0 Å². The molecule has 120 valence electrons. The largest absolute Gasteiger partial charge is 0.315 e. The van der Waals surface area contributed by atoms with Gasteiger partial charge in [0.1, 0.15) is 0 Å². The molecule has 0 aliphatic heterocycles. The average Bonchev–Trinajstić information content (AvgIpc) is 2.82. The van der Waals surface area contributed by atoms with Crippen LogP contribution in [-0.2, 0) is 13.6 Å². The van der Waals surface area contributed by atoms with Crippen LogP contribution in [0.25, 0.3) is 0 Å². The summed E-state index contributed by atoms with van der Waals surface area (Å²) in [7, 11) is 6.34. The van der Waals surface area contributed by atoms with Gasteiger partial charge in [-0.15, -0.1) is 0 Å². The molecule has 0 spiro atoms. The van der Waals surface area contributed by atoms with Crippen molar-refractivity contribution in [2.45, 2.75) is 58.7 Å². The van der Waals surface area contributed by atoms with Crippen LogP contribution in [0.15, 0.2) is 12.4 Å². The monoisotopic (exact) mass is 292 g/mol. The van der Waals surface area contributed by atoms with Gasteiger partial charge in [0.15, 0.2) is 0 Å². The highest BCUT2D eigenvalue weighted by molar-refractivity contribution is 5.04. The average molecular weight is 292 g/mol. The molecule has 1 aliphatic carbocycles. The number of aryl methyl sites for hydroxylation is 1. The third-order valence-corrected chi connectivity index (χ3v) is 5.17. The van der Waals surface area contributed by atoms with Gasteiger partial charge in [-0.25, -0.2) is 0 Å². The van der Waals surface area contributed by atoms with E-state index in [-0.39, 0.29) is 0 Å². The van der Waals surface area contributed by atoms with Crippen molar-refractivity contribution in [1.82, 2.24) is 20.0 Å². The van der Waals surface area contributed by atoms with Crippen LogP contribution in [0.2, 0.25) is 0 Å². The van der Waals surface area contributed by atoms with E-state index in [2.05, 4.69) is 56.4 Å². The summed E-state index contributed by atoms with van der Waals surface area (Å²) in [5, 5.41) is 7.82. The topological polar surface area (TPSA) is 33.1 Å². The van der Waals surface area contributed by atoms with Gasteiger partial charge in [0.05, 0.1) is 6.20 Å². The molecule has 1 heterocycles. The molecule has 4 nitrogen and oxygen atoms in total. The highest BCUT2D eigenvalue weighted by Gasteiger charge is 2.37. The van der Waals surface area contributed by atoms with Crippen LogP contribution in [0.3, 0.4) is 0 Å². The van der Waals surface area contributed by atoms with E-state index in [9.17, 15) is 0 Å². The maximum atomic E-state index is 4.28. The van der Waals surface area contributed by atoms with Gasteiger partial charge in [-0.1, -0.05) is 20.8 Å². The summed E-state index contributed by atoms with van der Waals surface area (Å²) in [5.74, 6) is 0.809. The predicted octanol–water partition coefficient (Wildman–Crippen LogP) is 2.65. The van der Waals surface area contributed by atoms with Crippen LogP contribution in [0.1, 0.15) is 45.6 Å². The lowest BCUT2D eigenvalue weighted by atomic mass is 9.69. The Labute approximate surface area is 129 Å². The van der Waals surface area contributed by atoms with Crippen molar-refractivity contribution in [3.8, 4) is 0 Å². The minimum atomic E-state index is 0.409. The minimum absolute atomic E-state index is 0.409. The van der Waals surface area contributed by atoms with Crippen LogP contribution in [0, 0.1) is 11.3 Å². The summed E-state index contributed by atoms with van der Waals surface area (Å²) >= 11 is 0. The number of hydrogen-bond acceptors (Lipinski definition) is 3. The summed E-state index contributed by atoms with van der Waals surface area (Å²) in [4.78, 5) is 2.51. The van der Waals surface area contributed by atoms with Crippen LogP contribution < -0.4 is 5.32 Å². The number of aromatic nitrogens is 2. The normalized spacial score (nSPS) is 27.3. The molecule has 0 amide bonds. The first-order valence-electron chi connectivity index (χ1n) is 8.16. The summed E-state index contributed by atoms with van der Waals surface area (Å²) in [6.45, 7) is 8.13. The van der Waals surface area contributed by atoms with Crippen molar-refractivity contribution in [1.29, 1.82) is 0 Å². The first kappa shape index (κ1) is 16.5. The maximum absolute atomic E-state index is 4.28. The van der Waals surface area contributed by atoms with E-state index in [4.69, 9.17) is 0 Å². The van der Waals surface area contributed by atoms with Crippen molar-refractivity contribution in [3.05, 3.63) is 18.0 Å². The van der Waals surface area contributed by atoms with Gasteiger partial charge in [-0.3, -0.25) is 9.58 Å². The molecule has 4 heteroatoms. The standard InChI is InChI=1S/C17H32N4/c1-17(2,3)14-7-8-15(18-4)16(9-14)20(5)11-13-10-19-21(6)12-13/h10,12,14-16,18H,7-9,11H2,1-6H3. The Bertz CT molecular complexity index is 446. The van der Waals surface area contributed by atoms with Gasteiger partial charge in [-0.05, 0) is 44.7 Å². The second-order valence-corrected chi connectivity index (χ2v) is 7.78. The predicted molar refractivity (Wildman–Crippen MR) is 88.1 cm³/mol. The van der Waals surface area contributed by atoms with Crippen molar-refractivity contribution < 1.29 is 0 Å². The van der Waals surface area contributed by atoms with Gasteiger partial charge in [0.25, 0.3) is 0 Å². The van der Waals surface area contributed by atoms with Gasteiger partial charge in [-0.2, -0.15) is 5.10 Å². The Morgan fingerprint density at radius 2 is 2.10 bits per heavy atom. The first-order valence-corrected chi connectivity index (χ1v) is 8.16. The molecular formula is C17H32N4. The summed E-state index contributed by atoms with van der Waals surface area (Å²) in [6, 6.07) is 1.21. The van der Waals surface area contributed by atoms with Crippen LogP contribution in [-0.4, -0.2) is 40.9 Å². The lowest BCUT2D eigenvalue weighted by Gasteiger charge is -2.45. The van der Waals surface area contributed by atoms with Crippen LogP contribution in [0.5, 0.6) is 0 Å². The zero-order valence-electron chi connectivity index (χ0n) is 14.6. The van der Waals surface area contributed by atoms with E-state index in [1.807, 2.05) is 17.9 Å². The molecule has 1 saturated carbocycles. The lowest BCUT2D eigenvalue weighted by Crippen LogP contribution is -2.52. The molecule has 1 aromatic heterocycles. The molecule has 3 atom stereocenters. The summed E-state index contributed by atoms with van der Waals surface area (Å²) < 4.78 is 1.89. The highest BCUT2D eigenvalue weighted by atomic mass is 15.2. The molecule has 1 fully saturated rings. The minimum Gasteiger partial charge on any atom is -0.315 e. The van der Waals surface area contributed by atoms with E-state index in [0.29, 0.717) is 17.5 Å². The molecular weight excluding hydrogens is 260 g/mol. The van der Waals surface area contributed by atoms with E-state index in [1.165, 1.54) is 24.8 Å². The summed E-state index contributed by atoms with van der Waals surface area (Å²) in [6.07, 6.45) is 8.00. The first-order chi connectivity index (χ1) is 9.81. The molecule has 1 aromatic rings. The maximum Gasteiger partial charge on any atom is 0.0534 e. The molecule has 0 aromatic carbocycles. The lowest BCUT2D eigenvalue weighted by molar-refractivity contribution is 0.0711. The Balaban J connectivity index is 2.05. The quantitative estimate of drug-likeness (QED) is 0.926. The number of nitrogens with zero attached hydrogens (tertiary/aromatic N) is 3. The van der Waals surface area contributed by atoms with E-state index in [1.54, 1.807) is 0 Å². The molecule has 2 rings (SSSR count). The van der Waals surface area contributed by atoms with Crippen molar-refractivity contribution >= 4 is 0 Å². The third-order valence-electron chi connectivity index (χ3n) is 5.17. The van der Waals surface area contributed by atoms with Gasteiger partial charge in [0, 0.05) is 37.4 Å². The zero-order valence-corrected chi connectivity index (χ0v) is 14.6. The Morgan fingerprint density at radius 3 is 2.62 bits per heavy atom. The van der Waals surface area contributed by atoms with Crippen LogP contribution in [0.4, 0.5) is 0 Å². The van der Waals surface area contributed by atoms with E-state index < -0.39 is 0 Å². The van der Waals surface area contributed by atoms with Crippen LogP contribution >= 0.6 is 0 Å². The molecule has 1 N–H and O–H groups in total. The molecule has 1 aliphatic rings. The molecule has 0 bridgehead atoms. The Hall–Kier alpha value is -0.870. The molecule has 3 unspecified atom stereocenters.